The van der Waals surface area contributed by atoms with Gasteiger partial charge >= 0.3 is 0 Å². The highest BCUT2D eigenvalue weighted by molar-refractivity contribution is 5.26. The van der Waals surface area contributed by atoms with E-state index in [1.165, 1.54) is 5.57 Å². The smallest absolute Gasteiger partial charge is 0.222 e. The molecule has 0 rings (SSSR count). The Bertz CT molecular complexity index is 124. The fourth-order valence-electron chi connectivity index (χ4n) is 0. The molecule has 0 saturated carbocycles. The van der Waals surface area contributed by atoms with Crippen molar-refractivity contribution in [3.63, 3.8) is 0 Å². The van der Waals surface area contributed by atoms with E-state index in [1.54, 1.807) is 0 Å². The van der Waals surface area contributed by atoms with E-state index >= 15 is 0 Å². The molecule has 0 aliphatic rings. The Morgan fingerprint density at radius 3 is 1.20 bits per heavy atom. The number of isocyanates is 2. The number of nitrogens with one attached hydrogen (secondary N) is 2. The molecule has 0 spiro atoms. The van der Waals surface area contributed by atoms with E-state index in [-0.39, 0.29) is 0 Å². The van der Waals surface area contributed by atoms with Crippen LogP contribution in [0, 0.1) is 10.8 Å². The van der Waals surface area contributed by atoms with Gasteiger partial charge in [0.15, 0.2) is 0 Å². The van der Waals surface area contributed by atoms with E-state index in [2.05, 4.69) is 6.58 Å². The van der Waals surface area contributed by atoms with Crippen LogP contribution in [0.15, 0.2) is 12.2 Å². The van der Waals surface area contributed by atoms with E-state index in [4.69, 9.17) is 20.4 Å². The molecule has 4 nitrogen and oxygen atoms in total. The van der Waals surface area contributed by atoms with Gasteiger partial charge in [-0.05, 0) is 13.8 Å². The van der Waals surface area contributed by atoms with Crippen LogP contribution in [0.1, 0.15) is 13.8 Å². The van der Waals surface area contributed by atoms with Gasteiger partial charge in [-0.2, -0.15) is 0 Å². The Kier molecular flexibility index (Phi) is 40.9. The lowest BCUT2D eigenvalue weighted by Gasteiger charge is -1.65. The number of allylic oxidation sites excluding steroid dienone is 1. The highest BCUT2D eigenvalue weighted by Crippen LogP contribution is 1.73. The quantitative estimate of drug-likeness (QED) is 0.304. The van der Waals surface area contributed by atoms with Gasteiger partial charge in [0, 0.05) is 0 Å². The lowest BCUT2D eigenvalue weighted by Crippen LogP contribution is -1.43. The van der Waals surface area contributed by atoms with Gasteiger partial charge in [0.1, 0.15) is 0 Å². The van der Waals surface area contributed by atoms with Crippen molar-refractivity contribution in [3.8, 4) is 0 Å². The molecule has 0 radical (unpaired) electrons. The topological polar surface area (TPSA) is 81.8 Å². The van der Waals surface area contributed by atoms with Gasteiger partial charge in [0.05, 0.1) is 0 Å². The molecule has 0 saturated heterocycles. The van der Waals surface area contributed by atoms with Crippen molar-refractivity contribution in [2.75, 3.05) is 0 Å². The second-order valence-corrected chi connectivity index (χ2v) is 1.41. The van der Waals surface area contributed by atoms with Crippen LogP contribution in [-0.4, -0.2) is 12.2 Å². The van der Waals surface area contributed by atoms with Crippen LogP contribution in [0.3, 0.4) is 0 Å². The lowest BCUT2D eigenvalue weighted by molar-refractivity contribution is 0.562. The molecule has 0 fully saturated rings. The fourth-order valence-corrected chi connectivity index (χ4v) is 0. The van der Waals surface area contributed by atoms with Crippen molar-refractivity contribution in [1.29, 1.82) is 10.8 Å². The molecule has 4 heteroatoms. The average Bonchev–Trinajstić information content (AvgIpc) is 1.65. The molecule has 0 aliphatic carbocycles. The maximum atomic E-state index is 8.35. The third-order valence-corrected chi connectivity index (χ3v) is 0. The Morgan fingerprint density at radius 1 is 1.20 bits per heavy atom. The summed E-state index contributed by atoms with van der Waals surface area (Å²) in [6.45, 7) is 7.50. The molecular weight excluding hydrogens is 132 g/mol. The fraction of sp³-hybridized carbons (Fsp3) is 0.333. The Hall–Kier alpha value is -1.50. The van der Waals surface area contributed by atoms with E-state index in [0.717, 1.165) is 12.2 Å². The first-order valence-corrected chi connectivity index (χ1v) is 2.26. The van der Waals surface area contributed by atoms with Crippen molar-refractivity contribution in [2.24, 2.45) is 0 Å². The van der Waals surface area contributed by atoms with Gasteiger partial charge in [-0.1, -0.05) is 5.57 Å². The summed E-state index contributed by atoms with van der Waals surface area (Å²) in [5.41, 5.74) is 1.17. The molecule has 0 unspecified atom stereocenters. The van der Waals surface area contributed by atoms with Crippen molar-refractivity contribution in [3.05, 3.63) is 12.2 Å². The summed E-state index contributed by atoms with van der Waals surface area (Å²) in [6, 6.07) is 0. The summed E-state index contributed by atoms with van der Waals surface area (Å²) >= 11 is 0. The van der Waals surface area contributed by atoms with Gasteiger partial charge in [-0.3, -0.25) is 0 Å². The monoisotopic (exact) mass is 142 g/mol. The van der Waals surface area contributed by atoms with E-state index in [1.807, 2.05) is 13.8 Å². The minimum absolute atomic E-state index is 0.750. The van der Waals surface area contributed by atoms with Crippen LogP contribution >= 0.6 is 0 Å². The zero-order valence-electron chi connectivity index (χ0n) is 6.02. The minimum Gasteiger partial charge on any atom is -0.222 e. The summed E-state index contributed by atoms with van der Waals surface area (Å²) in [5.74, 6) is 0. The second-order valence-electron chi connectivity index (χ2n) is 1.41. The molecule has 0 atom stereocenters. The first-order chi connectivity index (χ1) is 4.56. The van der Waals surface area contributed by atoms with E-state index in [0.29, 0.717) is 0 Å². The van der Waals surface area contributed by atoms with Crippen molar-refractivity contribution in [2.45, 2.75) is 13.8 Å². The highest BCUT2D eigenvalue weighted by atomic mass is 16.1. The molecule has 2 N–H and O–H groups in total. The molecule has 0 aromatic carbocycles. The summed E-state index contributed by atoms with van der Waals surface area (Å²) in [7, 11) is 0. The van der Waals surface area contributed by atoms with Gasteiger partial charge < -0.3 is 0 Å². The maximum Gasteiger partial charge on any atom is 0.231 e. The lowest BCUT2D eigenvalue weighted by atomic mass is 10.4. The van der Waals surface area contributed by atoms with Gasteiger partial charge in [-0.15, -0.1) is 6.58 Å². The van der Waals surface area contributed by atoms with Crippen molar-refractivity contribution >= 4 is 12.2 Å². The molecule has 0 aromatic rings. The zero-order chi connectivity index (χ0) is 8.99. The van der Waals surface area contributed by atoms with Crippen LogP contribution in [0.2, 0.25) is 0 Å². The predicted molar refractivity (Wildman–Crippen MR) is 37.3 cm³/mol. The Labute approximate surface area is 59.6 Å². The van der Waals surface area contributed by atoms with Gasteiger partial charge in [-0.25, -0.2) is 20.4 Å². The molecule has 10 heavy (non-hydrogen) atoms. The van der Waals surface area contributed by atoms with Gasteiger partial charge in [0.25, 0.3) is 0 Å². The first-order valence-electron chi connectivity index (χ1n) is 2.26. The van der Waals surface area contributed by atoms with Crippen LogP contribution in [0.25, 0.3) is 0 Å². The molecule has 56 valence electrons. The number of hydrogen-bond donors (Lipinski definition) is 2. The average molecular weight is 142 g/mol. The summed E-state index contributed by atoms with van der Waals surface area (Å²) in [6.07, 6.45) is 1.50. The molecular formula is C6H10N2O2. The Balaban J connectivity index is -0.0000000750. The summed E-state index contributed by atoms with van der Waals surface area (Å²) in [4.78, 5) is 16.7. The molecule has 0 heterocycles. The predicted octanol–water partition coefficient (Wildman–Crippen LogP) is 1.38. The van der Waals surface area contributed by atoms with Crippen LogP contribution in [0.5, 0.6) is 0 Å². The standard InChI is InChI=1S/C4H8.2CHNO/c1-4(2)3;2*2-1-3/h1H2,2-3H3;2*2H. The van der Waals surface area contributed by atoms with Gasteiger partial charge in [0.2, 0.25) is 12.2 Å². The number of rotatable bonds is 0. The molecule has 0 aromatic heterocycles. The van der Waals surface area contributed by atoms with Crippen LogP contribution in [-0.2, 0) is 9.59 Å². The van der Waals surface area contributed by atoms with E-state index < -0.39 is 0 Å². The largest absolute Gasteiger partial charge is 0.231 e. The maximum absolute atomic E-state index is 8.35. The number of hydrogen-bond acceptors (Lipinski definition) is 4. The first kappa shape index (κ1) is 15.8. The second kappa shape index (κ2) is 25.9. The third kappa shape index (κ3) is 87.4. The third-order valence-electron chi connectivity index (χ3n) is 0. The van der Waals surface area contributed by atoms with Crippen LogP contribution < -0.4 is 0 Å². The number of carbonyl (C=O) groups excluding carboxylic acids is 2. The Morgan fingerprint density at radius 2 is 1.20 bits per heavy atom. The SMILES string of the molecule is C=C(C)C.N=C=O.N=C=O. The highest BCUT2D eigenvalue weighted by Gasteiger charge is 1.51. The normalized spacial score (nSPS) is 4.20. The van der Waals surface area contributed by atoms with E-state index in [9.17, 15) is 0 Å². The summed E-state index contributed by atoms with van der Waals surface area (Å²) in [5, 5.41) is 10.8. The van der Waals surface area contributed by atoms with Crippen molar-refractivity contribution in [1.82, 2.24) is 0 Å². The van der Waals surface area contributed by atoms with Crippen LogP contribution in [0.4, 0.5) is 0 Å². The molecule has 0 aliphatic heterocycles. The zero-order valence-corrected chi connectivity index (χ0v) is 6.02. The summed E-state index contributed by atoms with van der Waals surface area (Å²) < 4.78 is 0. The van der Waals surface area contributed by atoms with Crippen molar-refractivity contribution < 1.29 is 9.59 Å². The molecule has 0 amide bonds. The molecule has 0 bridgehead atoms. The minimum atomic E-state index is 0.750.